The molecule has 0 radical (unpaired) electrons. The van der Waals surface area contributed by atoms with Gasteiger partial charge in [-0.2, -0.15) is 0 Å². The van der Waals surface area contributed by atoms with Gasteiger partial charge in [-0.25, -0.2) is 9.97 Å². The number of hydrogen-bond donors (Lipinski definition) is 0. The fraction of sp³-hybridized carbons (Fsp3) is 0. The molecular formula is C46H26N4OS2. The van der Waals surface area contributed by atoms with Crippen LogP contribution in [-0.2, 0) is 0 Å². The first kappa shape index (κ1) is 29.1. The Morgan fingerprint density at radius 1 is 0.358 bits per heavy atom. The lowest BCUT2D eigenvalue weighted by Gasteiger charge is -2.10. The summed E-state index contributed by atoms with van der Waals surface area (Å²) in [7, 11) is 0. The van der Waals surface area contributed by atoms with Gasteiger partial charge in [-0.15, -0.1) is 22.7 Å². The van der Waals surface area contributed by atoms with Gasteiger partial charge in [0, 0.05) is 86.4 Å². The van der Waals surface area contributed by atoms with Gasteiger partial charge in [0.15, 0.2) is 0 Å². The zero-order valence-electron chi connectivity index (χ0n) is 28.0. The SMILES string of the molecule is c1ccc(-n2c3cc(Oc4ccc5c6cc7sc8ccccc8c7cc6n(-c6ccccn6)c5c4)ccc3c3cc4sc5ccccc5c4cc32)nc1. The number of rotatable bonds is 4. The molecule has 0 spiro atoms. The molecule has 53 heavy (non-hydrogen) atoms. The zero-order valence-corrected chi connectivity index (χ0v) is 29.7. The average Bonchev–Trinajstić information content (AvgIpc) is 3.93. The third kappa shape index (κ3) is 4.29. The number of pyridine rings is 2. The van der Waals surface area contributed by atoms with Crippen LogP contribution in [0.25, 0.3) is 95.6 Å². The quantitative estimate of drug-likeness (QED) is 0.182. The molecule has 0 atom stereocenters. The highest BCUT2D eigenvalue weighted by atomic mass is 32.1. The van der Waals surface area contributed by atoms with Gasteiger partial charge in [0.05, 0.1) is 22.1 Å². The summed E-state index contributed by atoms with van der Waals surface area (Å²) in [5, 5.41) is 9.81. The Labute approximate surface area is 310 Å². The number of nitrogens with zero attached hydrogens (tertiary/aromatic N) is 4. The van der Waals surface area contributed by atoms with Gasteiger partial charge >= 0.3 is 0 Å². The monoisotopic (exact) mass is 714 g/mol. The van der Waals surface area contributed by atoms with Crippen LogP contribution in [-0.4, -0.2) is 19.1 Å². The largest absolute Gasteiger partial charge is 0.457 e. The molecule has 0 aliphatic rings. The normalized spacial score (nSPS) is 12.2. The summed E-state index contributed by atoms with van der Waals surface area (Å²) in [4.78, 5) is 9.62. The highest BCUT2D eigenvalue weighted by molar-refractivity contribution is 7.26. The Hall–Kier alpha value is -6.54. The second-order valence-electron chi connectivity index (χ2n) is 13.4. The minimum absolute atomic E-state index is 0.761. The maximum atomic E-state index is 6.75. The average molecular weight is 715 g/mol. The zero-order chi connectivity index (χ0) is 34.6. The summed E-state index contributed by atoms with van der Waals surface area (Å²) in [6.07, 6.45) is 3.71. The second kappa shape index (κ2) is 11.0. The number of aromatic nitrogens is 4. The molecule has 0 unspecified atom stereocenters. The van der Waals surface area contributed by atoms with E-state index in [9.17, 15) is 0 Å². The van der Waals surface area contributed by atoms with E-state index in [4.69, 9.17) is 14.7 Å². The van der Waals surface area contributed by atoms with Crippen molar-refractivity contribution in [2.24, 2.45) is 0 Å². The molecule has 6 aromatic carbocycles. The Morgan fingerprint density at radius 3 is 1.28 bits per heavy atom. The van der Waals surface area contributed by atoms with E-state index in [1.807, 2.05) is 59.3 Å². The summed E-state index contributed by atoms with van der Waals surface area (Å²) < 4.78 is 16.4. The van der Waals surface area contributed by atoms with E-state index in [0.29, 0.717) is 0 Å². The van der Waals surface area contributed by atoms with Crippen LogP contribution in [0, 0.1) is 0 Å². The summed E-state index contributed by atoms with van der Waals surface area (Å²) in [5.74, 6) is 3.27. The fourth-order valence-electron chi connectivity index (χ4n) is 8.16. The molecule has 0 bridgehead atoms. The molecule has 0 aliphatic carbocycles. The molecular weight excluding hydrogens is 689 g/mol. The van der Waals surface area contributed by atoms with Crippen molar-refractivity contribution >= 4 is 107 Å². The van der Waals surface area contributed by atoms with Crippen molar-refractivity contribution < 1.29 is 4.74 Å². The van der Waals surface area contributed by atoms with Gasteiger partial charge in [0.25, 0.3) is 0 Å². The van der Waals surface area contributed by atoms with Crippen LogP contribution in [0.4, 0.5) is 0 Å². The molecule has 0 fully saturated rings. The van der Waals surface area contributed by atoms with Crippen LogP contribution < -0.4 is 4.74 Å². The Morgan fingerprint density at radius 2 is 0.811 bits per heavy atom. The molecule has 0 N–H and O–H groups in total. The molecule has 6 aromatic heterocycles. The highest BCUT2D eigenvalue weighted by Crippen LogP contribution is 2.43. The minimum atomic E-state index is 0.761. The first-order chi connectivity index (χ1) is 26.2. The van der Waals surface area contributed by atoms with Crippen molar-refractivity contribution in [3.63, 3.8) is 0 Å². The van der Waals surface area contributed by atoms with Crippen LogP contribution in [0.15, 0.2) is 158 Å². The van der Waals surface area contributed by atoms with Crippen LogP contribution in [0.2, 0.25) is 0 Å². The molecule has 0 aliphatic heterocycles. The predicted octanol–water partition coefficient (Wildman–Crippen LogP) is 13.2. The van der Waals surface area contributed by atoms with Crippen molar-refractivity contribution in [2.45, 2.75) is 0 Å². The lowest BCUT2D eigenvalue weighted by Crippen LogP contribution is -1.97. The second-order valence-corrected chi connectivity index (χ2v) is 15.6. The minimum Gasteiger partial charge on any atom is -0.457 e. The maximum absolute atomic E-state index is 6.75. The number of benzene rings is 6. The molecule has 7 heteroatoms. The Kier molecular flexibility index (Phi) is 6.03. The fourth-order valence-corrected chi connectivity index (χ4v) is 10.4. The summed E-state index contributed by atoms with van der Waals surface area (Å²) in [5.41, 5.74) is 4.35. The molecule has 0 saturated carbocycles. The van der Waals surface area contributed by atoms with E-state index in [0.717, 1.165) is 56.0 Å². The van der Waals surface area contributed by atoms with Crippen LogP contribution in [0.3, 0.4) is 0 Å². The Balaban J connectivity index is 1.05. The van der Waals surface area contributed by atoms with Crippen molar-refractivity contribution in [1.82, 2.24) is 19.1 Å². The van der Waals surface area contributed by atoms with Gasteiger partial charge in [-0.3, -0.25) is 9.13 Å². The maximum Gasteiger partial charge on any atom is 0.137 e. The van der Waals surface area contributed by atoms with E-state index >= 15 is 0 Å². The van der Waals surface area contributed by atoms with Crippen molar-refractivity contribution in [2.75, 3.05) is 0 Å². The third-order valence-electron chi connectivity index (χ3n) is 10.5. The smallest absolute Gasteiger partial charge is 0.137 e. The first-order valence-corrected chi connectivity index (χ1v) is 19.2. The molecule has 248 valence electrons. The predicted molar refractivity (Wildman–Crippen MR) is 223 cm³/mol. The van der Waals surface area contributed by atoms with Crippen LogP contribution in [0.5, 0.6) is 11.5 Å². The summed E-state index contributed by atoms with van der Waals surface area (Å²) in [6, 6.07) is 51.6. The molecule has 0 saturated heterocycles. The number of thiophene rings is 2. The molecule has 0 amide bonds. The van der Waals surface area contributed by atoms with Gasteiger partial charge in [0.1, 0.15) is 23.1 Å². The van der Waals surface area contributed by atoms with E-state index in [1.165, 1.54) is 51.1 Å². The standard InChI is InChI=1S/C46H26N4OS2/c1-3-11-41-31(9-1)35-23-39-33(25-43(35)52-41)29-17-15-27(21-37(29)49(39)45-13-5-7-19-47-45)51-28-16-18-30-34-26-44-36(32-10-2-4-12-42(32)53-44)24-40(34)50(38(30)22-28)46-14-6-8-20-48-46/h1-26H. The molecule has 12 rings (SSSR count). The van der Waals surface area contributed by atoms with Gasteiger partial charge in [-0.05, 0) is 84.9 Å². The number of ether oxygens (including phenoxy) is 1. The van der Waals surface area contributed by atoms with E-state index in [-0.39, 0.29) is 0 Å². The van der Waals surface area contributed by atoms with E-state index < -0.39 is 0 Å². The van der Waals surface area contributed by atoms with E-state index in [1.54, 1.807) is 0 Å². The van der Waals surface area contributed by atoms with E-state index in [2.05, 4.69) is 130 Å². The summed E-state index contributed by atoms with van der Waals surface area (Å²) >= 11 is 3.69. The van der Waals surface area contributed by atoms with Crippen molar-refractivity contribution in [3.8, 4) is 23.1 Å². The number of hydrogen-bond acceptors (Lipinski definition) is 5. The summed E-state index contributed by atoms with van der Waals surface area (Å²) in [6.45, 7) is 0. The lowest BCUT2D eigenvalue weighted by molar-refractivity contribution is 0.484. The molecule has 6 heterocycles. The Bertz CT molecular complexity index is 3200. The lowest BCUT2D eigenvalue weighted by atomic mass is 10.1. The van der Waals surface area contributed by atoms with Gasteiger partial charge < -0.3 is 4.74 Å². The van der Waals surface area contributed by atoms with Crippen LogP contribution in [0.1, 0.15) is 0 Å². The van der Waals surface area contributed by atoms with Crippen molar-refractivity contribution in [1.29, 1.82) is 0 Å². The highest BCUT2D eigenvalue weighted by Gasteiger charge is 2.19. The molecule has 5 nitrogen and oxygen atoms in total. The first-order valence-electron chi connectivity index (χ1n) is 17.5. The van der Waals surface area contributed by atoms with Crippen molar-refractivity contribution in [3.05, 3.63) is 158 Å². The van der Waals surface area contributed by atoms with Gasteiger partial charge in [-0.1, -0.05) is 48.5 Å². The number of fused-ring (bicyclic) bond motifs is 12. The molecule has 12 aromatic rings. The van der Waals surface area contributed by atoms with Crippen LogP contribution >= 0.6 is 22.7 Å². The topological polar surface area (TPSA) is 44.9 Å². The van der Waals surface area contributed by atoms with Gasteiger partial charge in [0.2, 0.25) is 0 Å². The third-order valence-corrected chi connectivity index (χ3v) is 12.7.